The molecule has 0 saturated heterocycles. The predicted molar refractivity (Wildman–Crippen MR) is 68.0 cm³/mol. The van der Waals surface area contributed by atoms with Gasteiger partial charge in [0, 0.05) is 5.69 Å². The Morgan fingerprint density at radius 2 is 1.70 bits per heavy atom. The molecule has 0 amide bonds. The van der Waals surface area contributed by atoms with Crippen molar-refractivity contribution in [2.24, 2.45) is 0 Å². The van der Waals surface area contributed by atoms with Gasteiger partial charge in [-0.1, -0.05) is 6.07 Å². The Kier molecular flexibility index (Phi) is 3.58. The smallest absolute Gasteiger partial charge is 0.264 e. The van der Waals surface area contributed by atoms with E-state index in [9.17, 15) is 21.6 Å². The van der Waals surface area contributed by atoms with Gasteiger partial charge in [0.2, 0.25) is 0 Å². The lowest BCUT2D eigenvalue weighted by molar-refractivity contribution is 0.511. The summed E-state index contributed by atoms with van der Waals surface area (Å²) in [5.41, 5.74) is 4.78. The van der Waals surface area contributed by atoms with Gasteiger partial charge in [-0.3, -0.25) is 4.72 Å². The number of sulfonamides is 1. The molecule has 0 aliphatic heterocycles. The van der Waals surface area contributed by atoms with Gasteiger partial charge in [-0.25, -0.2) is 21.6 Å². The first kappa shape index (κ1) is 14.2. The predicted octanol–water partition coefficient (Wildman–Crippen LogP) is 2.49. The van der Waals surface area contributed by atoms with Gasteiger partial charge >= 0.3 is 0 Å². The highest BCUT2D eigenvalue weighted by Crippen LogP contribution is 2.23. The first-order valence-electron chi connectivity index (χ1n) is 5.33. The van der Waals surface area contributed by atoms with E-state index in [0.717, 1.165) is 30.3 Å². The number of rotatable bonds is 3. The van der Waals surface area contributed by atoms with Crippen molar-refractivity contribution in [2.75, 3.05) is 10.5 Å². The summed E-state index contributed by atoms with van der Waals surface area (Å²) >= 11 is 0. The lowest BCUT2D eigenvalue weighted by Gasteiger charge is -2.10. The zero-order chi connectivity index (χ0) is 14.9. The minimum atomic E-state index is -4.42. The Labute approximate surface area is 113 Å². The summed E-state index contributed by atoms with van der Waals surface area (Å²) in [5.74, 6) is -3.65. The maximum Gasteiger partial charge on any atom is 0.264 e. The molecule has 0 unspecified atom stereocenters. The molecule has 4 nitrogen and oxygen atoms in total. The fourth-order valence-corrected chi connectivity index (χ4v) is 2.68. The summed E-state index contributed by atoms with van der Waals surface area (Å²) in [7, 11) is -4.42. The number of nitrogens with one attached hydrogen (secondary N) is 1. The number of nitrogens with two attached hydrogens (primary N) is 1. The summed E-state index contributed by atoms with van der Waals surface area (Å²) in [5, 5.41) is 0. The minimum Gasteiger partial charge on any atom is -0.399 e. The Morgan fingerprint density at radius 1 is 1.00 bits per heavy atom. The number of halogens is 3. The van der Waals surface area contributed by atoms with Gasteiger partial charge in [0.1, 0.15) is 10.7 Å². The summed E-state index contributed by atoms with van der Waals surface area (Å²) in [6.07, 6.45) is 0. The van der Waals surface area contributed by atoms with Crippen molar-refractivity contribution in [3.05, 3.63) is 53.8 Å². The van der Waals surface area contributed by atoms with E-state index in [1.165, 1.54) is 6.07 Å². The van der Waals surface area contributed by atoms with E-state index >= 15 is 0 Å². The number of hydrogen-bond donors (Lipinski definition) is 2. The molecule has 2 rings (SSSR count). The van der Waals surface area contributed by atoms with Crippen LogP contribution >= 0.6 is 0 Å². The molecule has 0 atom stereocenters. The molecule has 0 saturated carbocycles. The summed E-state index contributed by atoms with van der Waals surface area (Å²) in [4.78, 5) is -0.749. The third-order valence-corrected chi connectivity index (χ3v) is 3.82. The maximum atomic E-state index is 13.5. The standard InChI is InChI=1S/C12H9F3N2O2S/c13-8-5-4-7(16)6-11(8)20(18,19)17-10-3-1-2-9(14)12(10)15/h1-6,17H,16H2. The average Bonchev–Trinajstić information content (AvgIpc) is 2.37. The number of anilines is 2. The largest absolute Gasteiger partial charge is 0.399 e. The van der Waals surface area contributed by atoms with Crippen molar-refractivity contribution in [3.63, 3.8) is 0 Å². The van der Waals surface area contributed by atoms with Crippen LogP contribution in [0.2, 0.25) is 0 Å². The fourth-order valence-electron chi connectivity index (χ4n) is 1.51. The molecule has 0 spiro atoms. The number of nitrogen functional groups attached to an aromatic ring is 1. The molecular formula is C12H9F3N2O2S. The van der Waals surface area contributed by atoms with Gasteiger partial charge in [-0.05, 0) is 30.3 Å². The number of benzene rings is 2. The lowest BCUT2D eigenvalue weighted by Crippen LogP contribution is -2.16. The van der Waals surface area contributed by atoms with Crippen LogP contribution in [-0.4, -0.2) is 8.42 Å². The molecule has 3 N–H and O–H groups in total. The molecule has 0 aromatic heterocycles. The van der Waals surface area contributed by atoms with E-state index in [1.807, 2.05) is 0 Å². The highest BCUT2D eigenvalue weighted by molar-refractivity contribution is 7.92. The normalized spacial score (nSPS) is 11.3. The monoisotopic (exact) mass is 302 g/mol. The summed E-state index contributed by atoms with van der Waals surface area (Å²) in [6, 6.07) is 5.89. The first-order chi connectivity index (χ1) is 9.31. The molecule has 2 aromatic rings. The third-order valence-electron chi connectivity index (χ3n) is 2.44. The third kappa shape index (κ3) is 2.69. The van der Waals surface area contributed by atoms with E-state index in [4.69, 9.17) is 5.73 Å². The summed E-state index contributed by atoms with van der Waals surface area (Å²) in [6.45, 7) is 0. The van der Waals surface area contributed by atoms with Crippen molar-refractivity contribution in [1.82, 2.24) is 0 Å². The van der Waals surface area contributed by atoms with E-state index in [0.29, 0.717) is 0 Å². The molecule has 0 aliphatic rings. The van der Waals surface area contributed by atoms with Gasteiger partial charge in [-0.15, -0.1) is 0 Å². The average molecular weight is 302 g/mol. The molecule has 0 aliphatic carbocycles. The van der Waals surface area contributed by atoms with E-state index in [-0.39, 0.29) is 5.69 Å². The topological polar surface area (TPSA) is 72.2 Å². The van der Waals surface area contributed by atoms with Crippen LogP contribution in [0, 0.1) is 17.5 Å². The zero-order valence-electron chi connectivity index (χ0n) is 9.90. The second-order valence-electron chi connectivity index (χ2n) is 3.90. The minimum absolute atomic E-state index is 0.0199. The van der Waals surface area contributed by atoms with Crippen LogP contribution in [0.4, 0.5) is 24.5 Å². The highest BCUT2D eigenvalue weighted by Gasteiger charge is 2.21. The molecule has 0 bridgehead atoms. The van der Waals surface area contributed by atoms with Crippen molar-refractivity contribution in [3.8, 4) is 0 Å². The Balaban J connectivity index is 2.46. The second kappa shape index (κ2) is 5.04. The zero-order valence-corrected chi connectivity index (χ0v) is 10.7. The van der Waals surface area contributed by atoms with Gasteiger partial charge in [-0.2, -0.15) is 0 Å². The quantitative estimate of drug-likeness (QED) is 0.856. The molecule has 0 fully saturated rings. The maximum absolute atomic E-state index is 13.5. The van der Waals surface area contributed by atoms with Crippen LogP contribution in [0.1, 0.15) is 0 Å². The molecular weight excluding hydrogens is 293 g/mol. The molecule has 8 heteroatoms. The molecule has 2 aromatic carbocycles. The Hall–Kier alpha value is -2.22. The van der Waals surface area contributed by atoms with Gasteiger partial charge in [0.05, 0.1) is 5.69 Å². The van der Waals surface area contributed by atoms with Gasteiger partial charge < -0.3 is 5.73 Å². The second-order valence-corrected chi connectivity index (χ2v) is 5.55. The van der Waals surface area contributed by atoms with Gasteiger partial charge in [0.15, 0.2) is 11.6 Å². The highest BCUT2D eigenvalue weighted by atomic mass is 32.2. The number of hydrogen-bond acceptors (Lipinski definition) is 3. The van der Waals surface area contributed by atoms with Crippen LogP contribution in [0.15, 0.2) is 41.3 Å². The SMILES string of the molecule is Nc1ccc(F)c(S(=O)(=O)Nc2cccc(F)c2F)c1. The van der Waals surface area contributed by atoms with Gasteiger partial charge in [0.25, 0.3) is 10.0 Å². The first-order valence-corrected chi connectivity index (χ1v) is 6.81. The van der Waals surface area contributed by atoms with Crippen LogP contribution in [0.3, 0.4) is 0 Å². The van der Waals surface area contributed by atoms with Crippen molar-refractivity contribution < 1.29 is 21.6 Å². The van der Waals surface area contributed by atoms with Crippen LogP contribution in [0.5, 0.6) is 0 Å². The van der Waals surface area contributed by atoms with Crippen LogP contribution in [-0.2, 0) is 10.0 Å². The Bertz CT molecular complexity index is 763. The molecule has 0 heterocycles. The van der Waals surface area contributed by atoms with E-state index in [1.54, 1.807) is 4.72 Å². The molecule has 20 heavy (non-hydrogen) atoms. The van der Waals surface area contributed by atoms with Crippen molar-refractivity contribution in [2.45, 2.75) is 4.90 Å². The molecule has 106 valence electrons. The van der Waals surface area contributed by atoms with Crippen molar-refractivity contribution in [1.29, 1.82) is 0 Å². The fraction of sp³-hybridized carbons (Fsp3) is 0. The molecule has 0 radical (unpaired) electrons. The van der Waals surface area contributed by atoms with E-state index < -0.39 is 38.1 Å². The summed E-state index contributed by atoms with van der Waals surface area (Å²) < 4.78 is 65.6. The van der Waals surface area contributed by atoms with Crippen LogP contribution < -0.4 is 10.5 Å². The lowest BCUT2D eigenvalue weighted by atomic mass is 10.3. The Morgan fingerprint density at radius 3 is 2.40 bits per heavy atom. The van der Waals surface area contributed by atoms with Crippen LogP contribution in [0.25, 0.3) is 0 Å². The van der Waals surface area contributed by atoms with Crippen molar-refractivity contribution >= 4 is 21.4 Å². The van der Waals surface area contributed by atoms with E-state index in [2.05, 4.69) is 0 Å².